The second kappa shape index (κ2) is 10.2. The van der Waals surface area contributed by atoms with Gasteiger partial charge in [-0.3, -0.25) is 9.59 Å². The fraction of sp³-hybridized carbons (Fsp3) is 0.220. The van der Waals surface area contributed by atoms with Crippen LogP contribution in [0.1, 0.15) is 102 Å². The van der Waals surface area contributed by atoms with Crippen molar-refractivity contribution in [2.75, 3.05) is 4.90 Å². The second-order valence-electron chi connectivity index (χ2n) is 13.3. The fourth-order valence-electron chi connectivity index (χ4n) is 7.14. The minimum Gasteiger partial charge on any atom is -0.310 e. The summed E-state index contributed by atoms with van der Waals surface area (Å²) >= 11 is 0. The lowest BCUT2D eigenvalue weighted by Crippen LogP contribution is -2.31. The quantitative estimate of drug-likeness (QED) is 0.158. The van der Waals surface area contributed by atoms with Gasteiger partial charge in [0.05, 0.1) is 16.9 Å². The van der Waals surface area contributed by atoms with Gasteiger partial charge < -0.3 is 4.90 Å². The highest BCUT2D eigenvalue weighted by atomic mass is 16.2. The van der Waals surface area contributed by atoms with Crippen LogP contribution in [0.25, 0.3) is 16.8 Å². The van der Waals surface area contributed by atoms with Gasteiger partial charge >= 0.3 is 0 Å². The van der Waals surface area contributed by atoms with Gasteiger partial charge in [0.2, 0.25) is 0 Å². The van der Waals surface area contributed by atoms with Crippen LogP contribution in [-0.4, -0.2) is 11.6 Å². The topological polar surface area (TPSA) is 37.4 Å². The van der Waals surface area contributed by atoms with Gasteiger partial charge in [0.25, 0.3) is 0 Å². The van der Waals surface area contributed by atoms with E-state index in [9.17, 15) is 9.59 Å². The van der Waals surface area contributed by atoms with Crippen LogP contribution in [0.15, 0.2) is 103 Å². The molecule has 5 aromatic rings. The maximum absolute atomic E-state index is 13.7. The predicted molar refractivity (Wildman–Crippen MR) is 182 cm³/mol. The van der Waals surface area contributed by atoms with Crippen molar-refractivity contribution in [3.63, 3.8) is 0 Å². The van der Waals surface area contributed by atoms with Crippen molar-refractivity contribution >= 4 is 45.5 Å². The molecule has 0 spiro atoms. The highest BCUT2D eigenvalue weighted by Crippen LogP contribution is 2.53. The summed E-state index contributed by atoms with van der Waals surface area (Å²) in [7, 11) is 0. The highest BCUT2D eigenvalue weighted by molar-refractivity contribution is 6.42. The molecule has 218 valence electrons. The molecular weight excluding hydrogens is 538 g/mol. The summed E-state index contributed by atoms with van der Waals surface area (Å²) in [5, 5.41) is 1.93. The van der Waals surface area contributed by atoms with Gasteiger partial charge in [-0.05, 0) is 92.9 Å². The predicted octanol–water partition coefficient (Wildman–Crippen LogP) is 10.7. The molecule has 1 heterocycles. The Morgan fingerprint density at radius 1 is 0.591 bits per heavy atom. The molecule has 3 heteroatoms. The van der Waals surface area contributed by atoms with E-state index in [0.29, 0.717) is 11.1 Å². The molecule has 44 heavy (non-hydrogen) atoms. The van der Waals surface area contributed by atoms with Crippen molar-refractivity contribution in [3.8, 4) is 0 Å². The van der Waals surface area contributed by atoms with Crippen LogP contribution in [0.5, 0.6) is 0 Å². The first kappa shape index (κ1) is 28.0. The van der Waals surface area contributed by atoms with E-state index in [1.54, 1.807) is 0 Å². The number of nitrogens with zero attached hydrogens (tertiary/aromatic N) is 1. The Morgan fingerprint density at radius 2 is 1.07 bits per heavy atom. The Balaban J connectivity index is 1.43. The van der Waals surface area contributed by atoms with Crippen LogP contribution < -0.4 is 4.90 Å². The Morgan fingerprint density at radius 3 is 1.57 bits per heavy atom. The van der Waals surface area contributed by atoms with Gasteiger partial charge in [0.1, 0.15) is 0 Å². The third-order valence-electron chi connectivity index (χ3n) is 9.52. The molecule has 0 atom stereocenters. The van der Waals surface area contributed by atoms with E-state index in [2.05, 4.69) is 107 Å². The fourth-order valence-corrected chi connectivity index (χ4v) is 7.14. The summed E-state index contributed by atoms with van der Waals surface area (Å²) in [5.74, 6) is -0.0105. The van der Waals surface area contributed by atoms with E-state index in [4.69, 9.17) is 0 Å². The van der Waals surface area contributed by atoms with Crippen molar-refractivity contribution in [2.45, 2.75) is 58.8 Å². The number of Topliss-reactive ketones (excluding diaryl/α,β-unsaturated/α-hetero) is 2. The van der Waals surface area contributed by atoms with Crippen LogP contribution in [0.3, 0.4) is 0 Å². The molecule has 0 radical (unpaired) electrons. The van der Waals surface area contributed by atoms with Gasteiger partial charge in [-0.25, -0.2) is 0 Å². The van der Waals surface area contributed by atoms with E-state index >= 15 is 0 Å². The number of rotatable bonds is 4. The monoisotopic (exact) mass is 575 g/mol. The minimum atomic E-state index is -0.193. The molecule has 0 saturated carbocycles. The maximum Gasteiger partial charge on any atom is 0.197 e. The van der Waals surface area contributed by atoms with Crippen molar-refractivity contribution in [2.24, 2.45) is 0 Å². The average Bonchev–Trinajstić information content (AvgIpc) is 3.24. The number of fused-ring (bicyclic) bond motifs is 4. The van der Waals surface area contributed by atoms with Gasteiger partial charge in [-0.1, -0.05) is 102 Å². The molecule has 0 aromatic heterocycles. The lowest BCUT2D eigenvalue weighted by atomic mass is 9.73. The summed E-state index contributed by atoms with van der Waals surface area (Å²) in [6.07, 6.45) is 1.85. The Labute approximate surface area is 259 Å². The van der Waals surface area contributed by atoms with Crippen LogP contribution >= 0.6 is 0 Å². The zero-order valence-corrected chi connectivity index (χ0v) is 26.2. The number of carbonyl (C=O) groups is 2. The lowest BCUT2D eigenvalue weighted by Gasteiger charge is -2.43. The molecule has 1 aliphatic heterocycles. The number of ketones is 2. The van der Waals surface area contributed by atoms with Gasteiger partial charge in [0, 0.05) is 22.2 Å². The van der Waals surface area contributed by atoms with E-state index in [-0.39, 0.29) is 34.4 Å². The molecular formula is C41H37NO2. The number of allylic oxidation sites excluding steroid dienone is 1. The van der Waals surface area contributed by atoms with E-state index in [1.165, 1.54) is 28.1 Å². The third-order valence-corrected chi connectivity index (χ3v) is 9.52. The number of hydrogen-bond acceptors (Lipinski definition) is 3. The van der Waals surface area contributed by atoms with Crippen molar-refractivity contribution in [3.05, 3.63) is 142 Å². The molecule has 1 aliphatic carbocycles. The first-order chi connectivity index (χ1) is 21.1. The van der Waals surface area contributed by atoms with Crippen molar-refractivity contribution in [1.29, 1.82) is 0 Å². The van der Waals surface area contributed by atoms with Gasteiger partial charge in [0.15, 0.2) is 11.6 Å². The third kappa shape index (κ3) is 4.17. The summed E-state index contributed by atoms with van der Waals surface area (Å²) in [6, 6.07) is 33.5. The zero-order chi connectivity index (χ0) is 30.9. The molecule has 0 fully saturated rings. The summed E-state index contributed by atoms with van der Waals surface area (Å²) in [4.78, 5) is 29.8. The first-order valence-electron chi connectivity index (χ1n) is 15.6. The second-order valence-corrected chi connectivity index (χ2v) is 13.3. The molecule has 0 N–H and O–H groups in total. The van der Waals surface area contributed by atoms with Crippen molar-refractivity contribution < 1.29 is 9.59 Å². The molecule has 7 rings (SSSR count). The largest absolute Gasteiger partial charge is 0.310 e. The molecule has 3 nitrogen and oxygen atoms in total. The lowest BCUT2D eigenvalue weighted by molar-refractivity contribution is 0.0990. The van der Waals surface area contributed by atoms with E-state index in [1.807, 2.05) is 42.5 Å². The Hall–Kier alpha value is -4.76. The number of para-hydroxylation sites is 2. The van der Waals surface area contributed by atoms with Crippen LogP contribution in [0.4, 0.5) is 17.1 Å². The Kier molecular flexibility index (Phi) is 6.48. The summed E-state index contributed by atoms with van der Waals surface area (Å²) in [6.45, 7) is 13.4. The number of hydrogen-bond donors (Lipinski definition) is 0. The number of benzene rings is 5. The van der Waals surface area contributed by atoms with Crippen LogP contribution in [-0.2, 0) is 5.41 Å². The highest BCUT2D eigenvalue weighted by Gasteiger charge is 2.38. The molecule has 2 aliphatic rings. The summed E-state index contributed by atoms with van der Waals surface area (Å²) in [5.41, 5.74) is 10.4. The first-order valence-corrected chi connectivity index (χ1v) is 15.6. The normalized spacial score (nSPS) is 15.2. The van der Waals surface area contributed by atoms with E-state index < -0.39 is 0 Å². The Bertz CT molecular complexity index is 1940. The molecule has 0 unspecified atom stereocenters. The molecule has 5 aromatic carbocycles. The maximum atomic E-state index is 13.7. The SMILES string of the molecule is CC(C)c1cc(N2c3ccccc3C(C)(C)c3ccccc32)c(C(C)C)cc1C=C1C(=O)c2cc3ccccc3cc2C1=O. The average molecular weight is 576 g/mol. The van der Waals surface area contributed by atoms with E-state index in [0.717, 1.165) is 27.6 Å². The molecule has 0 bridgehead atoms. The summed E-state index contributed by atoms with van der Waals surface area (Å²) < 4.78 is 0. The van der Waals surface area contributed by atoms with Crippen LogP contribution in [0.2, 0.25) is 0 Å². The minimum absolute atomic E-state index is 0.143. The number of carbonyl (C=O) groups excluding carboxylic acids is 2. The molecule has 0 amide bonds. The van der Waals surface area contributed by atoms with Gasteiger partial charge in [-0.2, -0.15) is 0 Å². The molecule has 0 saturated heterocycles. The van der Waals surface area contributed by atoms with Gasteiger partial charge in [-0.15, -0.1) is 0 Å². The smallest absolute Gasteiger partial charge is 0.197 e. The van der Waals surface area contributed by atoms with Crippen molar-refractivity contribution in [1.82, 2.24) is 0 Å². The number of anilines is 3. The zero-order valence-electron chi connectivity index (χ0n) is 26.2. The van der Waals surface area contributed by atoms with Crippen LogP contribution in [0, 0.1) is 0 Å². The standard InChI is InChI=1S/C41H37NO2/c1-24(2)29-23-38(42-36-17-11-9-15-34(36)41(5,6)35-16-10-12-18-37(35)42)30(25(3)4)21-28(29)22-33-39(43)31-19-26-13-7-8-14-27(26)20-32(31)40(33)44/h7-25H,1-6H3.